The standard InChI is InChI=1S/C17H21N3/c1-11-19-17(16-10-15(18)7-8-20(11)16)14-6-5-12-3-2-4-13(12)9-14/h5-6,9,15H,2-4,7-8,10,18H2,1H3. The van der Waals surface area contributed by atoms with E-state index in [4.69, 9.17) is 10.7 Å². The molecule has 20 heavy (non-hydrogen) atoms. The lowest BCUT2D eigenvalue weighted by Crippen LogP contribution is -2.31. The van der Waals surface area contributed by atoms with Crippen LogP contribution in [0.4, 0.5) is 0 Å². The summed E-state index contributed by atoms with van der Waals surface area (Å²) in [5.74, 6) is 1.13. The van der Waals surface area contributed by atoms with Gasteiger partial charge in [0, 0.05) is 30.3 Å². The fourth-order valence-electron chi connectivity index (χ4n) is 3.71. The van der Waals surface area contributed by atoms with Crippen LogP contribution in [0.2, 0.25) is 0 Å². The molecule has 0 saturated heterocycles. The van der Waals surface area contributed by atoms with E-state index in [1.807, 2.05) is 0 Å². The molecule has 1 aliphatic carbocycles. The molecular formula is C17H21N3. The molecule has 2 N–H and O–H groups in total. The van der Waals surface area contributed by atoms with E-state index in [1.165, 1.54) is 41.6 Å². The average Bonchev–Trinajstić information content (AvgIpc) is 3.02. The Balaban J connectivity index is 1.83. The van der Waals surface area contributed by atoms with Gasteiger partial charge in [0.25, 0.3) is 0 Å². The van der Waals surface area contributed by atoms with Crippen LogP contribution in [0.3, 0.4) is 0 Å². The van der Waals surface area contributed by atoms with E-state index >= 15 is 0 Å². The van der Waals surface area contributed by atoms with Crippen LogP contribution >= 0.6 is 0 Å². The zero-order valence-corrected chi connectivity index (χ0v) is 12.0. The van der Waals surface area contributed by atoms with Crippen molar-refractivity contribution < 1.29 is 0 Å². The first-order valence-corrected chi connectivity index (χ1v) is 7.66. The number of aryl methyl sites for hydroxylation is 3. The molecule has 2 aliphatic rings. The van der Waals surface area contributed by atoms with Gasteiger partial charge in [-0.3, -0.25) is 0 Å². The Labute approximate surface area is 119 Å². The van der Waals surface area contributed by atoms with Gasteiger partial charge in [0.2, 0.25) is 0 Å². The van der Waals surface area contributed by atoms with Gasteiger partial charge >= 0.3 is 0 Å². The Hall–Kier alpha value is -1.61. The molecule has 4 rings (SSSR count). The topological polar surface area (TPSA) is 43.8 Å². The molecule has 1 unspecified atom stereocenters. The van der Waals surface area contributed by atoms with Crippen LogP contribution in [0.25, 0.3) is 11.3 Å². The normalized spacial score (nSPS) is 20.8. The van der Waals surface area contributed by atoms with Crippen molar-refractivity contribution in [3.63, 3.8) is 0 Å². The number of aromatic nitrogens is 2. The quantitative estimate of drug-likeness (QED) is 0.863. The molecule has 0 spiro atoms. The summed E-state index contributed by atoms with van der Waals surface area (Å²) in [7, 11) is 0. The van der Waals surface area contributed by atoms with Gasteiger partial charge in [-0.25, -0.2) is 4.98 Å². The van der Waals surface area contributed by atoms with E-state index in [0.29, 0.717) is 0 Å². The number of benzene rings is 1. The zero-order chi connectivity index (χ0) is 13.7. The number of rotatable bonds is 1. The van der Waals surface area contributed by atoms with Gasteiger partial charge in [-0.05, 0) is 49.8 Å². The van der Waals surface area contributed by atoms with Crippen LogP contribution in [0.5, 0.6) is 0 Å². The minimum absolute atomic E-state index is 0.284. The van der Waals surface area contributed by atoms with E-state index in [2.05, 4.69) is 29.7 Å². The van der Waals surface area contributed by atoms with Crippen LogP contribution in [-0.4, -0.2) is 15.6 Å². The van der Waals surface area contributed by atoms with Gasteiger partial charge in [-0.15, -0.1) is 0 Å². The van der Waals surface area contributed by atoms with Crippen molar-refractivity contribution in [3.8, 4) is 11.3 Å². The summed E-state index contributed by atoms with van der Waals surface area (Å²) in [4.78, 5) is 4.83. The Kier molecular flexibility index (Phi) is 2.71. The van der Waals surface area contributed by atoms with Gasteiger partial charge in [-0.1, -0.05) is 12.1 Å². The summed E-state index contributed by atoms with van der Waals surface area (Å²) < 4.78 is 2.35. The highest BCUT2D eigenvalue weighted by Gasteiger charge is 2.23. The fourth-order valence-corrected chi connectivity index (χ4v) is 3.71. The maximum Gasteiger partial charge on any atom is 0.106 e. The second-order valence-electron chi connectivity index (χ2n) is 6.20. The number of hydrogen-bond acceptors (Lipinski definition) is 2. The first kappa shape index (κ1) is 12.2. The smallest absolute Gasteiger partial charge is 0.106 e. The van der Waals surface area contributed by atoms with Crippen molar-refractivity contribution in [2.75, 3.05) is 0 Å². The summed E-state index contributed by atoms with van der Waals surface area (Å²) in [6.45, 7) is 3.12. The van der Waals surface area contributed by atoms with Crippen LogP contribution < -0.4 is 5.73 Å². The van der Waals surface area contributed by atoms with Crippen molar-refractivity contribution in [3.05, 3.63) is 40.8 Å². The molecule has 1 aromatic carbocycles. The molecule has 2 heterocycles. The van der Waals surface area contributed by atoms with E-state index in [1.54, 1.807) is 0 Å². The van der Waals surface area contributed by atoms with E-state index in [9.17, 15) is 0 Å². The fraction of sp³-hybridized carbons (Fsp3) is 0.471. The van der Waals surface area contributed by atoms with Gasteiger partial charge in [0.05, 0.1) is 5.69 Å². The van der Waals surface area contributed by atoms with E-state index < -0.39 is 0 Å². The molecule has 1 atom stereocenters. The minimum Gasteiger partial charge on any atom is -0.332 e. The summed E-state index contributed by atoms with van der Waals surface area (Å²) in [6, 6.07) is 7.17. The van der Waals surface area contributed by atoms with Crippen molar-refractivity contribution >= 4 is 0 Å². The molecule has 0 radical (unpaired) electrons. The first-order valence-electron chi connectivity index (χ1n) is 7.66. The maximum atomic E-state index is 6.15. The molecule has 2 aromatic rings. The molecule has 1 aromatic heterocycles. The van der Waals surface area contributed by atoms with E-state index in [0.717, 1.165) is 30.9 Å². The third kappa shape index (κ3) is 1.80. The van der Waals surface area contributed by atoms with Crippen molar-refractivity contribution in [2.24, 2.45) is 5.73 Å². The van der Waals surface area contributed by atoms with Gasteiger partial charge in [-0.2, -0.15) is 0 Å². The Morgan fingerprint density at radius 3 is 3.00 bits per heavy atom. The molecule has 0 amide bonds. The summed E-state index contributed by atoms with van der Waals surface area (Å²) in [5, 5.41) is 0. The molecule has 0 saturated carbocycles. The SMILES string of the molecule is Cc1nc(-c2ccc3c(c2)CCC3)c2n1CCC(N)C2. The van der Waals surface area contributed by atoms with Crippen LogP contribution in [-0.2, 0) is 25.8 Å². The first-order chi connectivity index (χ1) is 9.72. The molecule has 104 valence electrons. The zero-order valence-electron chi connectivity index (χ0n) is 12.0. The number of nitrogens with two attached hydrogens (primary N) is 1. The van der Waals surface area contributed by atoms with Crippen LogP contribution in [0.1, 0.15) is 35.5 Å². The highest BCUT2D eigenvalue weighted by molar-refractivity contribution is 5.65. The van der Waals surface area contributed by atoms with Crippen LogP contribution in [0.15, 0.2) is 18.2 Å². The van der Waals surface area contributed by atoms with Crippen molar-refractivity contribution in [2.45, 2.75) is 51.6 Å². The lowest BCUT2D eigenvalue weighted by Gasteiger charge is -2.22. The highest BCUT2D eigenvalue weighted by atomic mass is 15.1. The van der Waals surface area contributed by atoms with Gasteiger partial charge in [0.15, 0.2) is 0 Å². The highest BCUT2D eigenvalue weighted by Crippen LogP contribution is 2.32. The largest absolute Gasteiger partial charge is 0.332 e. The third-order valence-electron chi connectivity index (χ3n) is 4.81. The molecule has 1 aliphatic heterocycles. The van der Waals surface area contributed by atoms with Crippen molar-refractivity contribution in [1.82, 2.24) is 9.55 Å². The Morgan fingerprint density at radius 1 is 1.25 bits per heavy atom. The second kappa shape index (κ2) is 4.45. The molecule has 3 heteroatoms. The molecule has 0 bridgehead atoms. The molecule has 3 nitrogen and oxygen atoms in total. The number of hydrogen-bond donors (Lipinski definition) is 1. The average molecular weight is 267 g/mol. The Bertz CT molecular complexity index is 669. The maximum absolute atomic E-state index is 6.15. The van der Waals surface area contributed by atoms with Gasteiger partial charge in [0.1, 0.15) is 5.82 Å². The summed E-state index contributed by atoms with van der Waals surface area (Å²) in [6.07, 6.45) is 5.77. The second-order valence-corrected chi connectivity index (χ2v) is 6.20. The van der Waals surface area contributed by atoms with E-state index in [-0.39, 0.29) is 6.04 Å². The molecular weight excluding hydrogens is 246 g/mol. The number of fused-ring (bicyclic) bond motifs is 2. The summed E-state index contributed by atoms with van der Waals surface area (Å²) in [5.41, 5.74) is 13.0. The number of imidazole rings is 1. The predicted octanol–water partition coefficient (Wildman–Crippen LogP) is 2.62. The van der Waals surface area contributed by atoms with Crippen LogP contribution in [0, 0.1) is 6.92 Å². The van der Waals surface area contributed by atoms with Crippen molar-refractivity contribution in [1.29, 1.82) is 0 Å². The lowest BCUT2D eigenvalue weighted by molar-refractivity contribution is 0.466. The van der Waals surface area contributed by atoms with Gasteiger partial charge < -0.3 is 10.3 Å². The third-order valence-corrected chi connectivity index (χ3v) is 4.81. The number of nitrogens with zero attached hydrogens (tertiary/aromatic N) is 2. The minimum atomic E-state index is 0.284. The molecule has 0 fully saturated rings. The Morgan fingerprint density at radius 2 is 2.10 bits per heavy atom. The monoisotopic (exact) mass is 267 g/mol. The predicted molar refractivity (Wildman–Crippen MR) is 80.7 cm³/mol. The lowest BCUT2D eigenvalue weighted by atomic mass is 9.98. The summed E-state index contributed by atoms with van der Waals surface area (Å²) >= 11 is 0.